The van der Waals surface area contributed by atoms with E-state index in [1.54, 1.807) is 24.3 Å². The maximum Gasteiger partial charge on any atom is 0.244 e. The van der Waals surface area contributed by atoms with Gasteiger partial charge in [-0.05, 0) is 41.8 Å². The lowest BCUT2D eigenvalue weighted by molar-refractivity contribution is -0.140. The zero-order valence-electron chi connectivity index (χ0n) is 21.7. The van der Waals surface area contributed by atoms with Gasteiger partial charge in [-0.1, -0.05) is 89.9 Å². The number of hydrogen-bond donors (Lipinski definition) is 1. The average molecular weight is 601 g/mol. The highest BCUT2D eigenvalue weighted by atomic mass is 79.9. The Kier molecular flexibility index (Phi) is 10.9. The topological polar surface area (TPSA) is 86.8 Å². The molecule has 0 aliphatic carbocycles. The van der Waals surface area contributed by atoms with Crippen LogP contribution in [0, 0.1) is 0 Å². The quantitative estimate of drug-likeness (QED) is 0.287. The van der Waals surface area contributed by atoms with Crippen molar-refractivity contribution < 1.29 is 18.0 Å². The van der Waals surface area contributed by atoms with E-state index in [9.17, 15) is 18.0 Å². The van der Waals surface area contributed by atoms with E-state index < -0.39 is 28.5 Å². The molecule has 9 heteroatoms. The molecule has 3 aromatic rings. The zero-order chi connectivity index (χ0) is 27.5. The summed E-state index contributed by atoms with van der Waals surface area (Å²) in [6, 6.07) is 24.8. The van der Waals surface area contributed by atoms with Gasteiger partial charge in [-0.3, -0.25) is 13.9 Å². The summed E-state index contributed by atoms with van der Waals surface area (Å²) in [5.41, 5.74) is 2.12. The summed E-state index contributed by atoms with van der Waals surface area (Å²) in [5.74, 6) is -0.727. The van der Waals surface area contributed by atoms with Crippen molar-refractivity contribution in [1.82, 2.24) is 10.2 Å². The van der Waals surface area contributed by atoms with Gasteiger partial charge in [0.15, 0.2) is 0 Å². The van der Waals surface area contributed by atoms with Crippen LogP contribution in [-0.2, 0) is 32.6 Å². The number of unbranched alkanes of at least 4 members (excludes halogenated alkanes) is 1. The molecule has 0 radical (unpaired) electrons. The number of halogens is 1. The van der Waals surface area contributed by atoms with Gasteiger partial charge in [0.1, 0.15) is 12.6 Å². The number of anilines is 1. The Hall–Kier alpha value is -3.17. The summed E-state index contributed by atoms with van der Waals surface area (Å²) >= 11 is 3.36. The van der Waals surface area contributed by atoms with Crippen LogP contribution in [0.3, 0.4) is 0 Å². The number of benzene rings is 3. The van der Waals surface area contributed by atoms with Crippen molar-refractivity contribution in [2.24, 2.45) is 0 Å². The fourth-order valence-corrected chi connectivity index (χ4v) is 5.18. The van der Waals surface area contributed by atoms with E-state index in [0.717, 1.165) is 39.0 Å². The third-order valence-corrected chi connectivity index (χ3v) is 7.76. The van der Waals surface area contributed by atoms with Crippen molar-refractivity contribution in [2.45, 2.75) is 38.8 Å². The average Bonchev–Trinajstić information content (AvgIpc) is 2.90. The van der Waals surface area contributed by atoms with E-state index in [1.165, 1.54) is 4.90 Å². The first kappa shape index (κ1) is 29.4. The van der Waals surface area contributed by atoms with Crippen molar-refractivity contribution in [3.63, 3.8) is 0 Å². The number of amides is 2. The number of hydrogen-bond acceptors (Lipinski definition) is 4. The molecule has 0 saturated carbocycles. The van der Waals surface area contributed by atoms with Crippen LogP contribution in [0.1, 0.15) is 30.9 Å². The van der Waals surface area contributed by atoms with Gasteiger partial charge in [0.05, 0.1) is 11.9 Å². The Morgan fingerprint density at radius 1 is 0.895 bits per heavy atom. The maximum atomic E-state index is 13.9. The molecule has 0 spiro atoms. The summed E-state index contributed by atoms with van der Waals surface area (Å²) < 4.78 is 27.4. The molecule has 2 amide bonds. The van der Waals surface area contributed by atoms with E-state index in [4.69, 9.17) is 0 Å². The lowest BCUT2D eigenvalue weighted by Crippen LogP contribution is -2.53. The van der Waals surface area contributed by atoms with E-state index in [0.29, 0.717) is 18.7 Å². The molecule has 0 heterocycles. The smallest absolute Gasteiger partial charge is 0.244 e. The van der Waals surface area contributed by atoms with Gasteiger partial charge >= 0.3 is 0 Å². The second kappa shape index (κ2) is 14.1. The molecule has 7 nitrogen and oxygen atoms in total. The second-order valence-electron chi connectivity index (χ2n) is 9.10. The molecule has 0 bridgehead atoms. The van der Waals surface area contributed by atoms with Gasteiger partial charge < -0.3 is 10.2 Å². The van der Waals surface area contributed by atoms with Gasteiger partial charge in [-0.2, -0.15) is 0 Å². The third kappa shape index (κ3) is 8.70. The molecule has 1 N–H and O–H groups in total. The lowest BCUT2D eigenvalue weighted by Gasteiger charge is -2.33. The summed E-state index contributed by atoms with van der Waals surface area (Å²) in [6.07, 6.45) is 3.12. The molecule has 1 atom stereocenters. The van der Waals surface area contributed by atoms with Crippen LogP contribution in [0.25, 0.3) is 0 Å². The fourth-order valence-electron chi connectivity index (χ4n) is 4.06. The summed E-state index contributed by atoms with van der Waals surface area (Å²) in [6.45, 7) is 2.28. The number of carbonyl (C=O) groups excluding carboxylic acids is 2. The van der Waals surface area contributed by atoms with Crippen molar-refractivity contribution in [3.05, 3.63) is 101 Å². The summed E-state index contributed by atoms with van der Waals surface area (Å²) in [5, 5.41) is 2.98. The number of sulfonamides is 1. The molecule has 0 aromatic heterocycles. The van der Waals surface area contributed by atoms with E-state index in [-0.39, 0.29) is 12.5 Å². The van der Waals surface area contributed by atoms with Crippen LogP contribution < -0.4 is 9.62 Å². The Labute approximate surface area is 234 Å². The van der Waals surface area contributed by atoms with Gasteiger partial charge in [0.2, 0.25) is 21.8 Å². The molecule has 0 aliphatic rings. The minimum atomic E-state index is -3.78. The van der Waals surface area contributed by atoms with E-state index in [1.807, 2.05) is 67.6 Å². The molecule has 3 rings (SSSR count). The normalized spacial score (nSPS) is 12.0. The number of nitrogens with zero attached hydrogens (tertiary/aromatic N) is 2. The van der Waals surface area contributed by atoms with Crippen molar-refractivity contribution >= 4 is 43.5 Å². The predicted octanol–water partition coefficient (Wildman–Crippen LogP) is 4.77. The highest BCUT2D eigenvalue weighted by Gasteiger charge is 2.32. The minimum Gasteiger partial charge on any atom is -0.354 e. The van der Waals surface area contributed by atoms with Crippen LogP contribution in [0.2, 0.25) is 0 Å². The van der Waals surface area contributed by atoms with Crippen molar-refractivity contribution in [2.75, 3.05) is 23.7 Å². The monoisotopic (exact) mass is 599 g/mol. The molecule has 0 saturated heterocycles. The van der Waals surface area contributed by atoms with Gasteiger partial charge in [-0.25, -0.2) is 8.42 Å². The fraction of sp³-hybridized carbons (Fsp3) is 0.310. The van der Waals surface area contributed by atoms with E-state index >= 15 is 0 Å². The summed E-state index contributed by atoms with van der Waals surface area (Å²) in [4.78, 5) is 28.9. The standard InChI is InChI=1S/C29H34BrN3O4S/c1-3-4-19-31-29(35)27(20-23-11-7-5-8-12-23)32(21-24-13-9-6-10-14-24)28(34)22-33(38(2,36)37)26-17-15-25(30)16-18-26/h5-18,27H,3-4,19-22H2,1-2H3,(H,31,35)/t27-/m1/s1. The van der Waals surface area contributed by atoms with Crippen molar-refractivity contribution in [1.29, 1.82) is 0 Å². The minimum absolute atomic E-state index is 0.163. The number of carbonyl (C=O) groups is 2. The lowest BCUT2D eigenvalue weighted by atomic mass is 10.0. The van der Waals surface area contributed by atoms with Crippen molar-refractivity contribution in [3.8, 4) is 0 Å². The Bertz CT molecular complexity index is 1290. The Morgan fingerprint density at radius 2 is 1.47 bits per heavy atom. The summed E-state index contributed by atoms with van der Waals surface area (Å²) in [7, 11) is -3.78. The first-order valence-electron chi connectivity index (χ1n) is 12.6. The first-order valence-corrected chi connectivity index (χ1v) is 15.2. The number of rotatable bonds is 13. The van der Waals surface area contributed by atoms with Crippen LogP contribution >= 0.6 is 15.9 Å². The predicted molar refractivity (Wildman–Crippen MR) is 155 cm³/mol. The van der Waals surface area contributed by atoms with Crippen LogP contribution in [0.5, 0.6) is 0 Å². The maximum absolute atomic E-state index is 13.9. The molecular weight excluding hydrogens is 566 g/mol. The van der Waals surface area contributed by atoms with Crippen LogP contribution in [0.15, 0.2) is 89.4 Å². The van der Waals surface area contributed by atoms with Crippen LogP contribution in [0.4, 0.5) is 5.69 Å². The van der Waals surface area contributed by atoms with Crippen LogP contribution in [-0.4, -0.2) is 50.5 Å². The van der Waals surface area contributed by atoms with Gasteiger partial charge in [-0.15, -0.1) is 0 Å². The second-order valence-corrected chi connectivity index (χ2v) is 11.9. The molecule has 0 fully saturated rings. The SMILES string of the molecule is CCCCNC(=O)[C@@H](Cc1ccccc1)N(Cc1ccccc1)C(=O)CN(c1ccc(Br)cc1)S(C)(=O)=O. The molecular formula is C29H34BrN3O4S. The molecule has 202 valence electrons. The van der Waals surface area contributed by atoms with Gasteiger partial charge in [0.25, 0.3) is 0 Å². The molecule has 0 unspecified atom stereocenters. The number of nitrogens with one attached hydrogen (secondary N) is 1. The van der Waals surface area contributed by atoms with E-state index in [2.05, 4.69) is 21.2 Å². The zero-order valence-corrected chi connectivity index (χ0v) is 24.1. The first-order chi connectivity index (χ1) is 18.2. The Balaban J connectivity index is 2.00. The highest BCUT2D eigenvalue weighted by Crippen LogP contribution is 2.22. The molecule has 0 aliphatic heterocycles. The highest BCUT2D eigenvalue weighted by molar-refractivity contribution is 9.10. The molecule has 38 heavy (non-hydrogen) atoms. The Morgan fingerprint density at radius 3 is 2.03 bits per heavy atom. The largest absolute Gasteiger partial charge is 0.354 e. The third-order valence-electron chi connectivity index (χ3n) is 6.09. The molecule has 3 aromatic carbocycles. The van der Waals surface area contributed by atoms with Gasteiger partial charge in [0, 0.05) is 24.0 Å².